The van der Waals surface area contributed by atoms with Gasteiger partial charge in [0.1, 0.15) is 16.8 Å². The Kier molecular flexibility index (Phi) is 4.83. The van der Waals surface area contributed by atoms with Crippen molar-refractivity contribution in [1.29, 1.82) is 0 Å². The Hall–Kier alpha value is -3.75. The molecule has 3 atom stereocenters. The van der Waals surface area contributed by atoms with E-state index in [4.69, 9.17) is 9.97 Å². The summed E-state index contributed by atoms with van der Waals surface area (Å²) in [7, 11) is 4.18. The first-order chi connectivity index (χ1) is 18.9. The number of imidazole rings is 1. The number of nitrogens with zero attached hydrogens (tertiary/aromatic N) is 5. The molecule has 3 aliphatic heterocycles. The normalized spacial score (nSPS) is 22.8. The van der Waals surface area contributed by atoms with E-state index in [0.29, 0.717) is 40.7 Å². The Morgan fingerprint density at radius 2 is 1.90 bits per heavy atom. The summed E-state index contributed by atoms with van der Waals surface area (Å²) in [5, 5.41) is 16.7. The maximum atomic E-state index is 16.9. The predicted octanol–water partition coefficient (Wildman–Crippen LogP) is 4.84. The van der Waals surface area contributed by atoms with E-state index in [2.05, 4.69) is 39.8 Å². The lowest BCUT2D eigenvalue weighted by molar-refractivity contribution is 0.225. The van der Waals surface area contributed by atoms with Crippen LogP contribution < -0.4 is 10.2 Å². The van der Waals surface area contributed by atoms with Crippen LogP contribution in [-0.2, 0) is 0 Å². The number of aromatic nitrogens is 3. The van der Waals surface area contributed by atoms with E-state index in [9.17, 15) is 5.11 Å². The van der Waals surface area contributed by atoms with Gasteiger partial charge in [0, 0.05) is 42.7 Å². The van der Waals surface area contributed by atoms with E-state index >= 15 is 4.39 Å². The minimum absolute atomic E-state index is 0.119. The molecule has 2 N–H and O–H groups in total. The quantitative estimate of drug-likeness (QED) is 0.352. The van der Waals surface area contributed by atoms with E-state index in [0.717, 1.165) is 58.2 Å². The lowest BCUT2D eigenvalue weighted by atomic mass is 9.80. The van der Waals surface area contributed by atoms with Crippen molar-refractivity contribution in [1.82, 2.24) is 24.8 Å². The van der Waals surface area contributed by atoms with Gasteiger partial charge in [0.25, 0.3) is 0 Å². The number of hydrogen-bond donors (Lipinski definition) is 2. The monoisotopic (exact) mass is 522 g/mol. The second-order valence-electron chi connectivity index (χ2n) is 11.8. The van der Waals surface area contributed by atoms with Crippen molar-refractivity contribution in [2.75, 3.05) is 38.6 Å². The third kappa shape index (κ3) is 3.22. The summed E-state index contributed by atoms with van der Waals surface area (Å²) < 4.78 is 19.1. The van der Waals surface area contributed by atoms with Crippen LogP contribution in [-0.4, -0.2) is 70.4 Å². The van der Waals surface area contributed by atoms with Gasteiger partial charge in [0.2, 0.25) is 0 Å². The highest BCUT2D eigenvalue weighted by molar-refractivity contribution is 6.10. The fourth-order valence-corrected chi connectivity index (χ4v) is 7.11. The molecule has 7 nitrogen and oxygen atoms in total. The number of phenols is 1. The lowest BCUT2D eigenvalue weighted by Gasteiger charge is -2.43. The van der Waals surface area contributed by atoms with E-state index in [-0.39, 0.29) is 11.6 Å². The van der Waals surface area contributed by atoms with Crippen molar-refractivity contribution >= 4 is 38.5 Å². The zero-order valence-electron chi connectivity index (χ0n) is 22.3. The van der Waals surface area contributed by atoms with Crippen LogP contribution in [0.2, 0.25) is 0 Å². The van der Waals surface area contributed by atoms with Crippen LogP contribution in [0.15, 0.2) is 48.8 Å². The number of aryl methyl sites for hydroxylation is 1. The van der Waals surface area contributed by atoms with Gasteiger partial charge in [0.05, 0.1) is 17.9 Å². The number of aromatic hydroxyl groups is 1. The first-order valence-corrected chi connectivity index (χ1v) is 13.7. The van der Waals surface area contributed by atoms with Crippen molar-refractivity contribution in [2.45, 2.75) is 31.5 Å². The average molecular weight is 523 g/mol. The van der Waals surface area contributed by atoms with Crippen LogP contribution >= 0.6 is 0 Å². The largest absolute Gasteiger partial charge is 0.508 e. The smallest absolute Gasteiger partial charge is 0.157 e. The zero-order chi connectivity index (χ0) is 26.6. The summed E-state index contributed by atoms with van der Waals surface area (Å²) in [4.78, 5) is 14.3. The molecule has 0 spiro atoms. The molecule has 3 saturated heterocycles. The second-order valence-corrected chi connectivity index (χ2v) is 11.8. The van der Waals surface area contributed by atoms with Crippen LogP contribution in [0.4, 0.5) is 10.2 Å². The Morgan fingerprint density at radius 3 is 2.64 bits per heavy atom. The molecular formula is C31H31FN6O. The van der Waals surface area contributed by atoms with Gasteiger partial charge < -0.3 is 24.8 Å². The summed E-state index contributed by atoms with van der Waals surface area (Å²) >= 11 is 0. The van der Waals surface area contributed by atoms with Gasteiger partial charge in [-0.25, -0.2) is 14.4 Å². The molecule has 198 valence electrons. The highest BCUT2D eigenvalue weighted by Gasteiger charge is 2.48. The summed E-state index contributed by atoms with van der Waals surface area (Å²) in [5.41, 5.74) is 4.16. The lowest BCUT2D eigenvalue weighted by Crippen LogP contribution is -2.57. The fourth-order valence-electron chi connectivity index (χ4n) is 7.11. The molecule has 2 aromatic heterocycles. The van der Waals surface area contributed by atoms with Crippen LogP contribution in [0, 0.1) is 18.7 Å². The van der Waals surface area contributed by atoms with Crippen molar-refractivity contribution in [3.8, 4) is 16.9 Å². The van der Waals surface area contributed by atoms with Gasteiger partial charge in [-0.2, -0.15) is 0 Å². The maximum absolute atomic E-state index is 16.9. The van der Waals surface area contributed by atoms with Gasteiger partial charge >= 0.3 is 0 Å². The summed E-state index contributed by atoms with van der Waals surface area (Å²) in [5.74, 6) is 1.10. The maximum Gasteiger partial charge on any atom is 0.157 e. The second kappa shape index (κ2) is 8.13. The number of rotatable bonds is 4. The third-order valence-corrected chi connectivity index (χ3v) is 9.34. The number of anilines is 1. The number of likely N-dealkylation sites (N-methyl/N-ethyl adjacent to an activating group) is 1. The third-order valence-electron chi connectivity index (χ3n) is 9.34. The van der Waals surface area contributed by atoms with Crippen LogP contribution in [0.3, 0.4) is 0 Å². The first-order valence-electron chi connectivity index (χ1n) is 13.7. The number of hydrogen-bond acceptors (Lipinski definition) is 6. The number of benzene rings is 3. The number of phenolic OH excluding ortho intramolecular Hbond substituents is 1. The van der Waals surface area contributed by atoms with Crippen molar-refractivity contribution in [3.63, 3.8) is 0 Å². The van der Waals surface area contributed by atoms with Crippen LogP contribution in [0.25, 0.3) is 43.8 Å². The first kappa shape index (κ1) is 23.2. The van der Waals surface area contributed by atoms with E-state index in [1.165, 1.54) is 6.42 Å². The molecule has 1 aliphatic carbocycles. The van der Waals surface area contributed by atoms with Gasteiger partial charge in [-0.1, -0.05) is 24.3 Å². The SMILES string of the molecule is Cc1cc2c(nc(N3CC(N(C)C)C3)c3ncn(C4C5CNC4C5)c32)c(F)c1-c1cc(O)cc2ccccc12. The van der Waals surface area contributed by atoms with E-state index in [1.54, 1.807) is 12.1 Å². The van der Waals surface area contributed by atoms with E-state index in [1.807, 2.05) is 37.5 Å². The molecule has 39 heavy (non-hydrogen) atoms. The molecule has 9 rings (SSSR count). The van der Waals surface area contributed by atoms with Crippen LogP contribution in [0.1, 0.15) is 18.0 Å². The predicted molar refractivity (Wildman–Crippen MR) is 153 cm³/mol. The highest BCUT2D eigenvalue weighted by Crippen LogP contribution is 2.47. The zero-order valence-corrected chi connectivity index (χ0v) is 22.3. The summed E-state index contributed by atoms with van der Waals surface area (Å²) in [6, 6.07) is 14.4. The molecular weight excluding hydrogens is 491 g/mol. The molecule has 8 heteroatoms. The van der Waals surface area contributed by atoms with Crippen LogP contribution in [0.5, 0.6) is 5.75 Å². The minimum Gasteiger partial charge on any atom is -0.508 e. The van der Waals surface area contributed by atoms with Crippen molar-refractivity contribution < 1.29 is 9.50 Å². The Balaban J connectivity index is 1.40. The van der Waals surface area contributed by atoms with Gasteiger partial charge in [-0.05, 0) is 73.5 Å². The van der Waals surface area contributed by atoms with Crippen molar-refractivity contribution in [3.05, 3.63) is 60.2 Å². The molecule has 1 saturated carbocycles. The van der Waals surface area contributed by atoms with Gasteiger partial charge in [-0.3, -0.25) is 0 Å². The van der Waals surface area contributed by atoms with Crippen molar-refractivity contribution in [2.24, 2.45) is 5.92 Å². The minimum atomic E-state index is -0.351. The molecule has 0 radical (unpaired) electrons. The molecule has 4 fully saturated rings. The molecule has 4 aliphatic rings. The Labute approximate surface area is 225 Å². The number of fused-ring (bicyclic) bond motifs is 5. The number of nitrogens with one attached hydrogen (secondary N) is 1. The fraction of sp³-hybridized carbons (Fsp3) is 0.355. The topological polar surface area (TPSA) is 69.5 Å². The highest BCUT2D eigenvalue weighted by atomic mass is 19.1. The molecule has 5 aromatic rings. The number of pyridine rings is 1. The summed E-state index contributed by atoms with van der Waals surface area (Å²) in [6.07, 6.45) is 3.12. The standard InChI is InChI=1S/C31H31FN6O/c1-16-8-23-27(26(32)25(16)22-11-20(39)9-17-6-4-5-7-21(17)22)35-31(37-13-19(14-37)36(2)3)28-30(23)38(15-34-28)29-18-10-24(29)33-12-18/h4-9,11,15,18-19,24,29,33,39H,10,12-14H2,1-3H3. The molecule has 5 heterocycles. The van der Waals surface area contributed by atoms with Gasteiger partial charge in [-0.15, -0.1) is 0 Å². The molecule has 3 aromatic carbocycles. The molecule has 3 unspecified atom stereocenters. The Morgan fingerprint density at radius 1 is 1.08 bits per heavy atom. The van der Waals surface area contributed by atoms with Gasteiger partial charge in [0.15, 0.2) is 11.6 Å². The number of halogens is 1. The molecule has 2 bridgehead atoms. The Bertz CT molecular complexity index is 1790. The molecule has 0 amide bonds. The van der Waals surface area contributed by atoms with E-state index < -0.39 is 0 Å². The average Bonchev–Trinajstić information content (AvgIpc) is 3.61. The summed E-state index contributed by atoms with van der Waals surface area (Å²) in [6.45, 7) is 4.63.